The highest BCUT2D eigenvalue weighted by molar-refractivity contribution is 6.00. The quantitative estimate of drug-likeness (QED) is 0.735. The van der Waals surface area contributed by atoms with Crippen molar-refractivity contribution in [2.75, 3.05) is 18.0 Å². The maximum Gasteiger partial charge on any atom is 0.416 e. The number of halogens is 3. The number of hydrogen-bond donors (Lipinski definition) is 1. The van der Waals surface area contributed by atoms with Crippen molar-refractivity contribution in [3.8, 4) is 0 Å². The Morgan fingerprint density at radius 3 is 2.77 bits per heavy atom. The third-order valence-electron chi connectivity index (χ3n) is 5.65. The fourth-order valence-corrected chi connectivity index (χ4v) is 4.08. The van der Waals surface area contributed by atoms with Crippen molar-refractivity contribution in [3.63, 3.8) is 0 Å². The summed E-state index contributed by atoms with van der Waals surface area (Å²) in [5.41, 5.74) is 0.353. The number of rotatable bonds is 6. The molecule has 2 aromatic rings. The second-order valence-corrected chi connectivity index (χ2v) is 7.55. The van der Waals surface area contributed by atoms with Gasteiger partial charge >= 0.3 is 6.18 Å². The zero-order valence-electron chi connectivity index (χ0n) is 16.0. The number of alkyl halides is 3. The van der Waals surface area contributed by atoms with Crippen LogP contribution in [-0.2, 0) is 15.8 Å². The van der Waals surface area contributed by atoms with Crippen LogP contribution >= 0.6 is 0 Å². The Morgan fingerprint density at radius 1 is 1.27 bits per heavy atom. The number of amides is 2. The Bertz CT molecular complexity index is 975. The van der Waals surface area contributed by atoms with Crippen molar-refractivity contribution in [3.05, 3.63) is 66.0 Å². The maximum atomic E-state index is 12.9. The van der Waals surface area contributed by atoms with Crippen molar-refractivity contribution < 1.29 is 22.8 Å². The van der Waals surface area contributed by atoms with Crippen LogP contribution in [0.1, 0.15) is 17.5 Å². The molecule has 0 spiro atoms. The lowest BCUT2D eigenvalue weighted by molar-refractivity contribution is -0.137. The van der Waals surface area contributed by atoms with Crippen molar-refractivity contribution >= 4 is 23.6 Å². The largest absolute Gasteiger partial charge is 0.416 e. The van der Waals surface area contributed by atoms with Crippen LogP contribution in [0, 0.1) is 17.8 Å². The van der Waals surface area contributed by atoms with Gasteiger partial charge in [-0.15, -0.1) is 0 Å². The Hall–Kier alpha value is -3.16. The van der Waals surface area contributed by atoms with E-state index in [4.69, 9.17) is 0 Å². The van der Waals surface area contributed by atoms with Crippen molar-refractivity contribution in [2.24, 2.45) is 17.8 Å². The van der Waals surface area contributed by atoms with Crippen LogP contribution in [0.15, 0.2) is 54.9 Å². The number of nitrogens with zero attached hydrogens (tertiary/aromatic N) is 2. The molecule has 0 radical (unpaired) electrons. The summed E-state index contributed by atoms with van der Waals surface area (Å²) in [6.07, 6.45) is 2.64. The van der Waals surface area contributed by atoms with E-state index in [9.17, 15) is 22.8 Å². The average molecular weight is 415 g/mol. The van der Waals surface area contributed by atoms with Crippen LogP contribution < -0.4 is 10.2 Å². The summed E-state index contributed by atoms with van der Waals surface area (Å²) in [6, 6.07) is 8.49. The lowest BCUT2D eigenvalue weighted by Crippen LogP contribution is -2.31. The van der Waals surface area contributed by atoms with E-state index in [0.29, 0.717) is 19.5 Å². The van der Waals surface area contributed by atoms with Gasteiger partial charge in [0.1, 0.15) is 0 Å². The van der Waals surface area contributed by atoms with Crippen molar-refractivity contribution in [1.29, 1.82) is 0 Å². The molecule has 1 aromatic carbocycles. The van der Waals surface area contributed by atoms with Gasteiger partial charge in [0.2, 0.25) is 11.8 Å². The molecule has 2 heterocycles. The molecule has 2 amide bonds. The molecule has 5 nitrogen and oxygen atoms in total. The first kappa shape index (κ1) is 20.1. The molecule has 3 atom stereocenters. The van der Waals surface area contributed by atoms with Gasteiger partial charge < -0.3 is 10.2 Å². The summed E-state index contributed by atoms with van der Waals surface area (Å²) < 4.78 is 38.7. The third kappa shape index (κ3) is 4.22. The first-order valence-corrected chi connectivity index (χ1v) is 9.69. The van der Waals surface area contributed by atoms with Crippen LogP contribution in [0.2, 0.25) is 0 Å². The molecule has 1 aliphatic carbocycles. The number of hydrogen-bond acceptors (Lipinski definition) is 3. The molecular formula is C22H20F3N3O2. The topological polar surface area (TPSA) is 62.3 Å². The SMILES string of the molecule is O=C(/C=C/c1cccnc1)NCC[C@@H]1[C@H]2CN(c3cccc(C(F)(F)F)c3)C(=O)[C@@H]12. The van der Waals surface area contributed by atoms with Gasteiger partial charge in [0.15, 0.2) is 0 Å². The van der Waals surface area contributed by atoms with Gasteiger partial charge in [0, 0.05) is 43.2 Å². The Kier molecular flexibility index (Phi) is 5.32. The molecule has 1 aromatic heterocycles. The molecule has 0 unspecified atom stereocenters. The number of piperidine rings is 1. The third-order valence-corrected chi connectivity index (χ3v) is 5.65. The molecular weight excluding hydrogens is 395 g/mol. The number of benzene rings is 1. The molecule has 1 aliphatic heterocycles. The van der Waals surface area contributed by atoms with E-state index in [1.54, 1.807) is 24.5 Å². The predicted octanol–water partition coefficient (Wildman–Crippen LogP) is 3.53. The summed E-state index contributed by atoms with van der Waals surface area (Å²) in [5.74, 6) is -0.215. The Balaban J connectivity index is 1.25. The molecule has 1 N–H and O–H groups in total. The van der Waals surface area contributed by atoms with Gasteiger partial charge in [0.25, 0.3) is 0 Å². The fraction of sp³-hybridized carbons (Fsp3) is 0.318. The van der Waals surface area contributed by atoms with Crippen LogP contribution in [0.25, 0.3) is 6.08 Å². The number of nitrogens with one attached hydrogen (secondary N) is 1. The first-order valence-electron chi connectivity index (χ1n) is 9.69. The lowest BCUT2D eigenvalue weighted by atomic mass is 10.1. The van der Waals surface area contributed by atoms with Gasteiger partial charge in [-0.3, -0.25) is 14.6 Å². The standard InChI is InChI=1S/C22H20F3N3O2/c23-22(24,25)15-4-1-5-16(11-15)28-13-18-17(20(18)21(28)30)8-10-27-19(29)7-6-14-3-2-9-26-12-14/h1-7,9,11-12,17-18,20H,8,10,13H2,(H,27,29)/b7-6+/t17-,18-,20+/m1/s1. The van der Waals surface area contributed by atoms with E-state index >= 15 is 0 Å². The molecule has 156 valence electrons. The predicted molar refractivity (Wildman–Crippen MR) is 105 cm³/mol. The molecule has 0 bridgehead atoms. The number of carbonyl (C=O) groups excluding carboxylic acids is 2. The van der Waals surface area contributed by atoms with Gasteiger partial charge in [0.05, 0.1) is 5.56 Å². The second kappa shape index (κ2) is 7.93. The van der Waals surface area contributed by atoms with Crippen LogP contribution in [0.5, 0.6) is 0 Å². The van der Waals surface area contributed by atoms with Crippen molar-refractivity contribution in [1.82, 2.24) is 10.3 Å². The van der Waals surface area contributed by atoms with Crippen molar-refractivity contribution in [2.45, 2.75) is 12.6 Å². The number of pyridine rings is 1. The molecule has 4 rings (SSSR count). The highest BCUT2D eigenvalue weighted by Gasteiger charge is 2.61. The average Bonchev–Trinajstić information content (AvgIpc) is 3.30. The zero-order chi connectivity index (χ0) is 21.3. The van der Waals surface area contributed by atoms with E-state index in [1.807, 2.05) is 6.07 Å². The van der Waals surface area contributed by atoms with E-state index in [0.717, 1.165) is 17.7 Å². The number of anilines is 1. The van der Waals surface area contributed by atoms with E-state index in [1.165, 1.54) is 23.1 Å². The van der Waals surface area contributed by atoms with E-state index in [-0.39, 0.29) is 35.3 Å². The minimum Gasteiger partial charge on any atom is -0.353 e. The molecule has 2 fully saturated rings. The maximum absolute atomic E-state index is 12.9. The van der Waals surface area contributed by atoms with E-state index < -0.39 is 11.7 Å². The summed E-state index contributed by atoms with van der Waals surface area (Å²) >= 11 is 0. The Labute approximate surface area is 171 Å². The summed E-state index contributed by atoms with van der Waals surface area (Å²) in [4.78, 5) is 29.9. The van der Waals surface area contributed by atoms with Gasteiger partial charge in [-0.25, -0.2) is 0 Å². The van der Waals surface area contributed by atoms with Crippen LogP contribution in [0.4, 0.5) is 18.9 Å². The molecule has 2 aliphatic rings. The highest BCUT2D eigenvalue weighted by Crippen LogP contribution is 2.55. The van der Waals surface area contributed by atoms with Gasteiger partial charge in [-0.2, -0.15) is 13.2 Å². The van der Waals surface area contributed by atoms with Gasteiger partial charge in [-0.1, -0.05) is 12.1 Å². The smallest absolute Gasteiger partial charge is 0.353 e. The number of aromatic nitrogens is 1. The summed E-state index contributed by atoms with van der Waals surface area (Å²) in [6.45, 7) is 0.870. The second-order valence-electron chi connectivity index (χ2n) is 7.55. The fourth-order valence-electron chi connectivity index (χ4n) is 4.08. The zero-order valence-corrected chi connectivity index (χ0v) is 16.0. The summed E-state index contributed by atoms with van der Waals surface area (Å²) in [7, 11) is 0. The van der Waals surface area contributed by atoms with Crippen LogP contribution in [0.3, 0.4) is 0 Å². The molecule has 30 heavy (non-hydrogen) atoms. The normalized spacial score (nSPS) is 23.0. The van der Waals surface area contributed by atoms with Gasteiger partial charge in [-0.05, 0) is 54.2 Å². The number of fused-ring (bicyclic) bond motifs is 1. The molecule has 8 heteroatoms. The Morgan fingerprint density at radius 2 is 2.10 bits per heavy atom. The lowest BCUT2D eigenvalue weighted by Gasteiger charge is -2.21. The molecule has 1 saturated heterocycles. The summed E-state index contributed by atoms with van der Waals surface area (Å²) in [5, 5.41) is 2.80. The minimum atomic E-state index is -4.44. The highest BCUT2D eigenvalue weighted by atomic mass is 19.4. The monoisotopic (exact) mass is 415 g/mol. The van der Waals surface area contributed by atoms with Crippen LogP contribution in [-0.4, -0.2) is 29.9 Å². The number of carbonyl (C=O) groups is 2. The molecule has 1 saturated carbocycles. The first-order chi connectivity index (χ1) is 14.3. The minimum absolute atomic E-state index is 0.132. The van der Waals surface area contributed by atoms with E-state index in [2.05, 4.69) is 10.3 Å².